The van der Waals surface area contributed by atoms with Crippen molar-refractivity contribution in [2.45, 2.75) is 44.3 Å². The van der Waals surface area contributed by atoms with E-state index in [0.29, 0.717) is 17.5 Å². The number of benzene rings is 1. The molecule has 1 aliphatic carbocycles. The van der Waals surface area contributed by atoms with E-state index in [9.17, 15) is 18.0 Å². The summed E-state index contributed by atoms with van der Waals surface area (Å²) >= 11 is 0. The number of fused-ring (bicyclic) bond motifs is 2. The second-order valence-corrected chi connectivity index (χ2v) is 8.98. The van der Waals surface area contributed by atoms with E-state index in [4.69, 9.17) is 0 Å². The molecule has 1 aromatic carbocycles. The predicted molar refractivity (Wildman–Crippen MR) is 128 cm³/mol. The lowest BCUT2D eigenvalue weighted by molar-refractivity contribution is -0.167. The highest BCUT2D eigenvalue weighted by Gasteiger charge is 2.38. The van der Waals surface area contributed by atoms with Crippen LogP contribution in [0.25, 0.3) is 21.9 Å². The van der Waals surface area contributed by atoms with Gasteiger partial charge in [-0.3, -0.25) is 4.79 Å². The number of nitrogens with one attached hydrogen (secondary N) is 2. The van der Waals surface area contributed by atoms with Crippen LogP contribution in [0, 0.1) is 5.92 Å². The second kappa shape index (κ2) is 9.16. The maximum Gasteiger partial charge on any atom is 0.471 e. The van der Waals surface area contributed by atoms with E-state index in [2.05, 4.69) is 37.1 Å². The summed E-state index contributed by atoms with van der Waals surface area (Å²) < 4.78 is 39.9. The lowest BCUT2D eigenvalue weighted by Crippen LogP contribution is -2.30. The Bertz CT molecular complexity index is 1380. The zero-order valence-electron chi connectivity index (χ0n) is 19.1. The Labute approximate surface area is 199 Å². The maximum absolute atomic E-state index is 12.5. The second-order valence-electron chi connectivity index (χ2n) is 8.98. The number of carbonyl (C=O) groups is 1. The maximum atomic E-state index is 12.5. The van der Waals surface area contributed by atoms with Crippen LogP contribution >= 0.6 is 0 Å². The highest BCUT2D eigenvalue weighted by atomic mass is 19.4. The molecule has 1 unspecified atom stereocenters. The lowest BCUT2D eigenvalue weighted by atomic mass is 9.97. The van der Waals surface area contributed by atoms with Crippen molar-refractivity contribution in [3.8, 4) is 0 Å². The van der Waals surface area contributed by atoms with Gasteiger partial charge in [0, 0.05) is 24.7 Å². The van der Waals surface area contributed by atoms with Crippen LogP contribution in [0.1, 0.15) is 37.3 Å². The third-order valence-corrected chi connectivity index (χ3v) is 6.75. The van der Waals surface area contributed by atoms with Crippen LogP contribution in [0.2, 0.25) is 0 Å². The summed E-state index contributed by atoms with van der Waals surface area (Å²) in [5, 5.41) is 6.76. The van der Waals surface area contributed by atoms with Crippen molar-refractivity contribution in [1.82, 2.24) is 19.5 Å². The van der Waals surface area contributed by atoms with Crippen LogP contribution in [0.3, 0.4) is 0 Å². The number of halogens is 3. The Morgan fingerprint density at radius 3 is 2.77 bits per heavy atom. The van der Waals surface area contributed by atoms with E-state index in [-0.39, 0.29) is 5.82 Å². The number of aromatic nitrogens is 4. The molecule has 1 fully saturated rings. The SMILES string of the molecule is CNc1ncnc2c1ccn2C1CC[C@@H](CCc2ccc3ccc(NC(=O)C(F)(F)F)nc3c2)C1. The minimum Gasteiger partial charge on any atom is -0.372 e. The van der Waals surface area contributed by atoms with Gasteiger partial charge in [0.2, 0.25) is 0 Å². The summed E-state index contributed by atoms with van der Waals surface area (Å²) in [4.78, 5) is 24.2. The van der Waals surface area contributed by atoms with Gasteiger partial charge in [-0.05, 0) is 67.9 Å². The molecule has 2 N–H and O–H groups in total. The van der Waals surface area contributed by atoms with Gasteiger partial charge in [0.1, 0.15) is 23.6 Å². The molecule has 3 aromatic heterocycles. The molecule has 1 saturated carbocycles. The summed E-state index contributed by atoms with van der Waals surface area (Å²) in [5.74, 6) is -0.737. The van der Waals surface area contributed by atoms with Crippen molar-refractivity contribution < 1.29 is 18.0 Å². The van der Waals surface area contributed by atoms with Crippen LogP contribution in [0.15, 0.2) is 48.9 Å². The molecule has 0 saturated heterocycles. The molecule has 182 valence electrons. The van der Waals surface area contributed by atoms with Gasteiger partial charge in [0.05, 0.1) is 10.9 Å². The number of alkyl halides is 3. The highest BCUT2D eigenvalue weighted by molar-refractivity contribution is 5.95. The van der Waals surface area contributed by atoms with Gasteiger partial charge in [-0.1, -0.05) is 12.1 Å². The van der Waals surface area contributed by atoms with Gasteiger partial charge in [0.15, 0.2) is 0 Å². The molecule has 0 bridgehead atoms. The summed E-state index contributed by atoms with van der Waals surface area (Å²) in [5.41, 5.74) is 2.58. The quantitative estimate of drug-likeness (QED) is 0.379. The van der Waals surface area contributed by atoms with Gasteiger partial charge in [-0.15, -0.1) is 0 Å². The zero-order chi connectivity index (χ0) is 24.6. The number of anilines is 2. The van der Waals surface area contributed by atoms with Crippen LogP contribution in [0.4, 0.5) is 24.8 Å². The molecule has 2 atom stereocenters. The van der Waals surface area contributed by atoms with E-state index in [1.54, 1.807) is 12.4 Å². The fourth-order valence-corrected chi connectivity index (χ4v) is 4.97. The molecular formula is C25H25F3N6O. The van der Waals surface area contributed by atoms with Crippen LogP contribution in [-0.4, -0.2) is 38.7 Å². The first-order valence-corrected chi connectivity index (χ1v) is 11.6. The van der Waals surface area contributed by atoms with Crippen LogP contribution < -0.4 is 10.6 Å². The normalized spacial score (nSPS) is 18.3. The zero-order valence-corrected chi connectivity index (χ0v) is 19.1. The lowest BCUT2D eigenvalue weighted by Gasteiger charge is -2.15. The summed E-state index contributed by atoms with van der Waals surface area (Å²) in [7, 11) is 1.85. The fraction of sp³-hybridized carbons (Fsp3) is 0.360. The number of hydrogen-bond donors (Lipinski definition) is 2. The number of aryl methyl sites for hydroxylation is 1. The average molecular weight is 483 g/mol. The summed E-state index contributed by atoms with van der Waals surface area (Å²) in [6, 6.07) is 11.3. The van der Waals surface area contributed by atoms with Crippen LogP contribution in [-0.2, 0) is 11.2 Å². The van der Waals surface area contributed by atoms with E-state index in [0.717, 1.165) is 59.9 Å². The van der Waals surface area contributed by atoms with Crippen molar-refractivity contribution in [2.75, 3.05) is 17.7 Å². The first-order valence-electron chi connectivity index (χ1n) is 11.6. The van der Waals surface area contributed by atoms with E-state index in [1.165, 1.54) is 6.07 Å². The van der Waals surface area contributed by atoms with Crippen molar-refractivity contribution in [3.05, 3.63) is 54.5 Å². The Balaban J connectivity index is 1.24. The summed E-state index contributed by atoms with van der Waals surface area (Å²) in [6.45, 7) is 0. The first-order chi connectivity index (χ1) is 16.8. The molecular weight excluding hydrogens is 457 g/mol. The molecule has 10 heteroatoms. The van der Waals surface area contributed by atoms with Gasteiger partial charge < -0.3 is 15.2 Å². The molecule has 3 heterocycles. The number of hydrogen-bond acceptors (Lipinski definition) is 5. The molecule has 1 aliphatic rings. The van der Waals surface area contributed by atoms with E-state index >= 15 is 0 Å². The Morgan fingerprint density at radius 1 is 1.14 bits per heavy atom. The minimum absolute atomic E-state index is 0.111. The van der Waals surface area contributed by atoms with Gasteiger partial charge >= 0.3 is 12.1 Å². The third-order valence-electron chi connectivity index (χ3n) is 6.75. The molecule has 0 radical (unpaired) electrons. The predicted octanol–water partition coefficient (Wildman–Crippen LogP) is 5.50. The van der Waals surface area contributed by atoms with Gasteiger partial charge in [-0.2, -0.15) is 13.2 Å². The smallest absolute Gasteiger partial charge is 0.372 e. The summed E-state index contributed by atoms with van der Waals surface area (Å²) in [6.07, 6.45) is 3.90. The van der Waals surface area contributed by atoms with E-state index < -0.39 is 12.1 Å². The Hall–Kier alpha value is -3.69. The van der Waals surface area contributed by atoms with Gasteiger partial charge in [-0.25, -0.2) is 15.0 Å². The average Bonchev–Trinajstić information content (AvgIpc) is 3.48. The van der Waals surface area contributed by atoms with Crippen molar-refractivity contribution >= 4 is 39.5 Å². The topological polar surface area (TPSA) is 84.7 Å². The van der Waals surface area contributed by atoms with Gasteiger partial charge in [0.25, 0.3) is 0 Å². The monoisotopic (exact) mass is 482 g/mol. The molecule has 0 spiro atoms. The standard InChI is InChI=1S/C25H25F3N6O/c1-29-22-19-10-11-34(23(19)31-14-30-22)18-8-5-15(12-18)2-3-16-4-6-17-7-9-21(32-20(17)13-16)33-24(35)25(26,27)28/h4,6-7,9-11,13-15,18H,2-3,5,8,12H2,1H3,(H,29,30,31)(H,32,33,35)/t15-,18?/m1/s1. The molecule has 4 aromatic rings. The highest BCUT2D eigenvalue weighted by Crippen LogP contribution is 2.39. The number of pyridine rings is 1. The fourth-order valence-electron chi connectivity index (χ4n) is 4.97. The number of rotatable bonds is 6. The largest absolute Gasteiger partial charge is 0.471 e. The van der Waals surface area contributed by atoms with Crippen molar-refractivity contribution in [3.63, 3.8) is 0 Å². The molecule has 5 rings (SSSR count). The van der Waals surface area contributed by atoms with Crippen LogP contribution in [0.5, 0.6) is 0 Å². The van der Waals surface area contributed by atoms with Crippen molar-refractivity contribution in [1.29, 1.82) is 0 Å². The number of amides is 1. The third kappa shape index (κ3) is 4.78. The van der Waals surface area contributed by atoms with E-state index in [1.807, 2.05) is 30.6 Å². The minimum atomic E-state index is -4.95. The molecule has 7 nitrogen and oxygen atoms in total. The molecule has 0 aliphatic heterocycles. The Kier molecular flexibility index (Phi) is 6.04. The van der Waals surface area contributed by atoms with Crippen molar-refractivity contribution in [2.24, 2.45) is 5.92 Å². The first kappa shape index (κ1) is 23.1. The number of nitrogens with zero attached hydrogens (tertiary/aromatic N) is 4. The molecule has 1 amide bonds. The molecule has 35 heavy (non-hydrogen) atoms. The Morgan fingerprint density at radius 2 is 1.97 bits per heavy atom. The number of carbonyl (C=O) groups excluding carboxylic acids is 1.